The van der Waals surface area contributed by atoms with Crippen LogP contribution in [0.15, 0.2) is 36.0 Å². The Bertz CT molecular complexity index is 613. The van der Waals surface area contributed by atoms with Crippen molar-refractivity contribution in [3.63, 3.8) is 0 Å². The highest BCUT2D eigenvalue weighted by Gasteiger charge is 2.07. The van der Waals surface area contributed by atoms with Crippen LogP contribution in [0.5, 0.6) is 5.75 Å². The van der Waals surface area contributed by atoms with Gasteiger partial charge in [0.25, 0.3) is 5.91 Å². The van der Waals surface area contributed by atoms with E-state index in [1.807, 2.05) is 17.5 Å². The van der Waals surface area contributed by atoms with Crippen molar-refractivity contribution in [3.8, 4) is 5.75 Å². The lowest BCUT2D eigenvalue weighted by Crippen LogP contribution is -2.30. The molecular formula is C14H14N2O4S. The van der Waals surface area contributed by atoms with E-state index in [0.29, 0.717) is 6.54 Å². The summed E-state index contributed by atoms with van der Waals surface area (Å²) in [5.41, 5.74) is 0.0191. The third-order valence-corrected chi connectivity index (χ3v) is 3.54. The number of hydrogen-bond donors (Lipinski definition) is 2. The van der Waals surface area contributed by atoms with Gasteiger partial charge in [0, 0.05) is 17.6 Å². The Hall–Kier alpha value is -2.41. The first kappa shape index (κ1) is 15.0. The molecular weight excluding hydrogens is 292 g/mol. The molecule has 0 radical (unpaired) electrons. The standard InChI is InChI=1S/C14H14N2O4S/c17-13(16-4-3-12-2-1-5-21-12)9-20-11-6-10(14(18)19)7-15-8-11/h1-2,5-8H,3-4,9H2,(H,16,17)(H,18,19). The van der Waals surface area contributed by atoms with Crippen molar-refractivity contribution in [3.05, 3.63) is 46.4 Å². The summed E-state index contributed by atoms with van der Waals surface area (Å²) in [5.74, 6) is -1.09. The highest BCUT2D eigenvalue weighted by atomic mass is 32.1. The first-order chi connectivity index (χ1) is 10.1. The van der Waals surface area contributed by atoms with Crippen LogP contribution in [0.1, 0.15) is 15.2 Å². The van der Waals surface area contributed by atoms with Crippen molar-refractivity contribution in [2.24, 2.45) is 0 Å². The van der Waals surface area contributed by atoms with E-state index in [4.69, 9.17) is 9.84 Å². The van der Waals surface area contributed by atoms with Gasteiger partial charge in [-0.2, -0.15) is 0 Å². The van der Waals surface area contributed by atoms with Crippen molar-refractivity contribution in [2.75, 3.05) is 13.2 Å². The van der Waals surface area contributed by atoms with Crippen LogP contribution < -0.4 is 10.1 Å². The maximum absolute atomic E-state index is 11.6. The second kappa shape index (κ2) is 7.39. The van der Waals surface area contributed by atoms with E-state index in [2.05, 4.69) is 10.3 Å². The fourth-order valence-corrected chi connectivity index (χ4v) is 2.30. The predicted octanol–water partition coefficient (Wildman–Crippen LogP) is 1.58. The minimum atomic E-state index is -1.09. The molecule has 0 unspecified atom stereocenters. The molecule has 2 aromatic rings. The van der Waals surface area contributed by atoms with Gasteiger partial charge in [-0.15, -0.1) is 11.3 Å². The van der Waals surface area contributed by atoms with Crippen LogP contribution in [0.4, 0.5) is 0 Å². The average Bonchev–Trinajstić information content (AvgIpc) is 2.99. The third-order valence-electron chi connectivity index (χ3n) is 2.60. The van der Waals surface area contributed by atoms with E-state index in [-0.39, 0.29) is 23.8 Å². The van der Waals surface area contributed by atoms with Gasteiger partial charge in [-0.05, 0) is 23.9 Å². The van der Waals surface area contributed by atoms with Gasteiger partial charge in [0.2, 0.25) is 0 Å². The van der Waals surface area contributed by atoms with Crippen molar-refractivity contribution in [2.45, 2.75) is 6.42 Å². The van der Waals surface area contributed by atoms with Gasteiger partial charge >= 0.3 is 5.97 Å². The number of pyridine rings is 1. The molecule has 1 amide bonds. The fraction of sp³-hybridized carbons (Fsp3) is 0.214. The van der Waals surface area contributed by atoms with E-state index in [0.717, 1.165) is 6.42 Å². The number of aromatic nitrogens is 1. The average molecular weight is 306 g/mol. The van der Waals surface area contributed by atoms with Crippen molar-refractivity contribution < 1.29 is 19.4 Å². The molecule has 0 spiro atoms. The zero-order valence-electron chi connectivity index (χ0n) is 11.1. The van der Waals surface area contributed by atoms with E-state index in [1.54, 1.807) is 11.3 Å². The van der Waals surface area contributed by atoms with Crippen LogP contribution >= 0.6 is 11.3 Å². The Morgan fingerprint density at radius 1 is 1.38 bits per heavy atom. The summed E-state index contributed by atoms with van der Waals surface area (Å²) in [4.78, 5) is 27.3. The number of carboxylic acid groups (broad SMARTS) is 1. The molecule has 0 atom stereocenters. The molecule has 110 valence electrons. The largest absolute Gasteiger partial charge is 0.482 e. The van der Waals surface area contributed by atoms with Crippen molar-refractivity contribution in [1.82, 2.24) is 10.3 Å². The second-order valence-electron chi connectivity index (χ2n) is 4.18. The number of hydrogen-bond acceptors (Lipinski definition) is 5. The van der Waals surface area contributed by atoms with Crippen LogP contribution in [-0.2, 0) is 11.2 Å². The number of carbonyl (C=O) groups excluding carboxylic acids is 1. The summed E-state index contributed by atoms with van der Waals surface area (Å²) < 4.78 is 5.21. The summed E-state index contributed by atoms with van der Waals surface area (Å²) in [6, 6.07) is 5.30. The minimum Gasteiger partial charge on any atom is -0.482 e. The number of thiophene rings is 1. The molecule has 2 rings (SSSR count). The molecule has 2 N–H and O–H groups in total. The van der Waals surface area contributed by atoms with Gasteiger partial charge in [-0.25, -0.2) is 4.79 Å². The molecule has 0 aliphatic carbocycles. The SMILES string of the molecule is O=C(COc1cncc(C(=O)O)c1)NCCc1cccs1. The van der Waals surface area contributed by atoms with Gasteiger partial charge in [0.05, 0.1) is 11.8 Å². The lowest BCUT2D eigenvalue weighted by molar-refractivity contribution is -0.123. The van der Waals surface area contributed by atoms with E-state index < -0.39 is 5.97 Å². The monoisotopic (exact) mass is 306 g/mol. The van der Waals surface area contributed by atoms with E-state index in [1.165, 1.54) is 23.3 Å². The topological polar surface area (TPSA) is 88.5 Å². The lowest BCUT2D eigenvalue weighted by Gasteiger charge is -2.07. The Morgan fingerprint density at radius 3 is 2.95 bits per heavy atom. The Labute approximate surface area is 125 Å². The zero-order chi connectivity index (χ0) is 15.1. The highest BCUT2D eigenvalue weighted by molar-refractivity contribution is 7.09. The number of carboxylic acids is 1. The molecule has 0 bridgehead atoms. The summed E-state index contributed by atoms with van der Waals surface area (Å²) in [7, 11) is 0. The van der Waals surface area contributed by atoms with Crippen LogP contribution in [-0.4, -0.2) is 35.1 Å². The molecule has 0 fully saturated rings. The van der Waals surface area contributed by atoms with Gasteiger partial charge in [-0.1, -0.05) is 6.07 Å². The predicted molar refractivity (Wildman–Crippen MR) is 77.7 cm³/mol. The molecule has 0 aliphatic heterocycles. The first-order valence-corrected chi connectivity index (χ1v) is 7.13. The molecule has 21 heavy (non-hydrogen) atoms. The summed E-state index contributed by atoms with van der Waals surface area (Å²) in [6.07, 6.45) is 3.36. The number of aromatic carboxylic acids is 1. The normalized spacial score (nSPS) is 10.1. The minimum absolute atomic E-state index is 0.0191. The third kappa shape index (κ3) is 4.88. The van der Waals surface area contributed by atoms with Gasteiger partial charge in [-0.3, -0.25) is 9.78 Å². The maximum Gasteiger partial charge on any atom is 0.337 e. The lowest BCUT2D eigenvalue weighted by atomic mass is 10.3. The number of carbonyl (C=O) groups is 2. The van der Waals surface area contributed by atoms with Crippen LogP contribution in [0, 0.1) is 0 Å². The zero-order valence-corrected chi connectivity index (χ0v) is 11.9. The molecule has 0 saturated heterocycles. The second-order valence-corrected chi connectivity index (χ2v) is 5.21. The molecule has 0 saturated carbocycles. The smallest absolute Gasteiger partial charge is 0.337 e. The van der Waals surface area contributed by atoms with Crippen LogP contribution in [0.3, 0.4) is 0 Å². The van der Waals surface area contributed by atoms with Gasteiger partial charge in [0.15, 0.2) is 6.61 Å². The van der Waals surface area contributed by atoms with Crippen molar-refractivity contribution >= 4 is 23.2 Å². The van der Waals surface area contributed by atoms with Gasteiger partial charge < -0.3 is 15.2 Å². The molecule has 6 nitrogen and oxygen atoms in total. The Kier molecular flexibility index (Phi) is 5.28. The summed E-state index contributed by atoms with van der Waals surface area (Å²) in [6.45, 7) is 0.366. The molecule has 0 aliphatic rings. The highest BCUT2D eigenvalue weighted by Crippen LogP contribution is 2.11. The summed E-state index contributed by atoms with van der Waals surface area (Å²) >= 11 is 1.64. The number of rotatable bonds is 7. The molecule has 0 aromatic carbocycles. The first-order valence-electron chi connectivity index (χ1n) is 6.25. The molecule has 7 heteroatoms. The number of ether oxygens (including phenoxy) is 1. The van der Waals surface area contributed by atoms with Crippen LogP contribution in [0.2, 0.25) is 0 Å². The van der Waals surface area contributed by atoms with Crippen LogP contribution in [0.25, 0.3) is 0 Å². The number of nitrogens with one attached hydrogen (secondary N) is 1. The maximum atomic E-state index is 11.6. The Morgan fingerprint density at radius 2 is 2.24 bits per heavy atom. The Balaban J connectivity index is 1.73. The van der Waals surface area contributed by atoms with E-state index >= 15 is 0 Å². The molecule has 2 aromatic heterocycles. The fourth-order valence-electron chi connectivity index (χ4n) is 1.59. The van der Waals surface area contributed by atoms with Gasteiger partial charge in [0.1, 0.15) is 5.75 Å². The number of amides is 1. The van der Waals surface area contributed by atoms with E-state index in [9.17, 15) is 9.59 Å². The molecule has 2 heterocycles. The quantitative estimate of drug-likeness (QED) is 0.811. The number of nitrogens with zero attached hydrogens (tertiary/aromatic N) is 1. The summed E-state index contributed by atoms with van der Waals surface area (Å²) in [5, 5.41) is 13.5. The van der Waals surface area contributed by atoms with Crippen molar-refractivity contribution in [1.29, 1.82) is 0 Å².